The van der Waals surface area contributed by atoms with Crippen molar-refractivity contribution in [3.8, 4) is 11.1 Å². The van der Waals surface area contributed by atoms with Crippen molar-refractivity contribution in [2.75, 3.05) is 23.3 Å². The van der Waals surface area contributed by atoms with Crippen LogP contribution in [0.2, 0.25) is 10.0 Å². The summed E-state index contributed by atoms with van der Waals surface area (Å²) in [5, 5.41) is 16.0. The van der Waals surface area contributed by atoms with E-state index in [1.54, 1.807) is 47.9 Å². The van der Waals surface area contributed by atoms with Crippen LogP contribution in [0.5, 0.6) is 0 Å². The van der Waals surface area contributed by atoms with Gasteiger partial charge in [0.1, 0.15) is 5.82 Å². The van der Waals surface area contributed by atoms with Gasteiger partial charge >= 0.3 is 5.97 Å². The van der Waals surface area contributed by atoms with E-state index >= 15 is 0 Å². The van der Waals surface area contributed by atoms with Crippen LogP contribution in [0.25, 0.3) is 11.1 Å². The molecular formula is C27H24Cl2N4O3S. The van der Waals surface area contributed by atoms with E-state index in [0.717, 1.165) is 40.6 Å². The number of primary amides is 1. The summed E-state index contributed by atoms with van der Waals surface area (Å²) in [4.78, 5) is 29.6. The number of hydrogen-bond acceptors (Lipinski definition) is 6. The van der Waals surface area contributed by atoms with E-state index in [4.69, 9.17) is 28.9 Å². The van der Waals surface area contributed by atoms with Crippen molar-refractivity contribution >= 4 is 57.9 Å². The SMILES string of the molecule is NC(=O)Cc1cccs1.O=C(O)c1ccccc1-c1cnc2c(c1)N(Cc1cc(Cl)ccc1Cl)CCN2. The van der Waals surface area contributed by atoms with Crippen molar-refractivity contribution in [3.63, 3.8) is 0 Å². The Balaban J connectivity index is 0.000000301. The monoisotopic (exact) mass is 554 g/mol. The van der Waals surface area contributed by atoms with E-state index in [0.29, 0.717) is 28.6 Å². The highest BCUT2D eigenvalue weighted by Crippen LogP contribution is 2.35. The number of carboxylic acids is 1. The first-order valence-corrected chi connectivity index (χ1v) is 13.0. The Hall–Kier alpha value is -3.59. The van der Waals surface area contributed by atoms with Gasteiger partial charge in [-0.15, -0.1) is 11.3 Å². The number of aromatic nitrogens is 1. The van der Waals surface area contributed by atoms with Crippen molar-refractivity contribution in [1.29, 1.82) is 0 Å². The van der Waals surface area contributed by atoms with E-state index in [1.807, 2.05) is 35.7 Å². The lowest BCUT2D eigenvalue weighted by atomic mass is 10.0. The summed E-state index contributed by atoms with van der Waals surface area (Å²) in [7, 11) is 0. The maximum absolute atomic E-state index is 11.6. The number of benzene rings is 2. The van der Waals surface area contributed by atoms with Gasteiger partial charge in [-0.2, -0.15) is 0 Å². The minimum absolute atomic E-state index is 0.248. The number of amides is 1. The Morgan fingerprint density at radius 3 is 2.65 bits per heavy atom. The Labute approximate surface area is 228 Å². The number of rotatable bonds is 6. The zero-order chi connectivity index (χ0) is 26.4. The zero-order valence-corrected chi connectivity index (χ0v) is 22.0. The number of pyridine rings is 1. The molecule has 1 amide bonds. The molecule has 1 aliphatic heterocycles. The molecule has 37 heavy (non-hydrogen) atoms. The molecule has 0 spiro atoms. The fourth-order valence-corrected chi connectivity index (χ4v) is 5.03. The summed E-state index contributed by atoms with van der Waals surface area (Å²) >= 11 is 14.0. The molecule has 0 saturated heterocycles. The molecule has 2 aromatic heterocycles. The largest absolute Gasteiger partial charge is 0.478 e. The number of aromatic carboxylic acids is 1. The molecule has 190 valence electrons. The lowest BCUT2D eigenvalue weighted by molar-refractivity contribution is -0.117. The molecule has 3 heterocycles. The molecule has 0 unspecified atom stereocenters. The van der Waals surface area contributed by atoms with Crippen molar-refractivity contribution < 1.29 is 14.7 Å². The standard InChI is InChI=1S/C21H17Cl2N3O2.C6H7NOS/c22-15-5-6-18(23)14(9-15)12-26-8-7-24-20-19(26)10-13(11-25-20)16-3-1-2-4-17(16)21(27)28;7-6(8)4-5-2-1-3-9-5/h1-6,9-11H,7-8,12H2,(H,24,25)(H,27,28);1-3H,4H2,(H2,7,8). The second-order valence-electron chi connectivity index (χ2n) is 8.25. The first-order chi connectivity index (χ1) is 17.8. The maximum atomic E-state index is 11.6. The fourth-order valence-electron chi connectivity index (χ4n) is 3.95. The Morgan fingerprint density at radius 1 is 1.11 bits per heavy atom. The van der Waals surface area contributed by atoms with E-state index in [-0.39, 0.29) is 11.5 Å². The van der Waals surface area contributed by atoms with Crippen molar-refractivity contribution in [2.24, 2.45) is 5.73 Å². The van der Waals surface area contributed by atoms with Crippen LogP contribution in [0, 0.1) is 0 Å². The third kappa shape index (κ3) is 6.80. The van der Waals surface area contributed by atoms with Crippen molar-refractivity contribution in [2.45, 2.75) is 13.0 Å². The van der Waals surface area contributed by atoms with Gasteiger partial charge in [-0.05, 0) is 52.9 Å². The van der Waals surface area contributed by atoms with E-state index < -0.39 is 5.97 Å². The second kappa shape index (κ2) is 12.1. The highest BCUT2D eigenvalue weighted by Gasteiger charge is 2.21. The van der Waals surface area contributed by atoms with Crippen LogP contribution in [0.15, 0.2) is 72.2 Å². The smallest absolute Gasteiger partial charge is 0.336 e. The molecule has 4 aromatic rings. The number of thiophene rings is 1. The van der Waals surface area contributed by atoms with Gasteiger partial charge in [-0.3, -0.25) is 4.79 Å². The Kier molecular flexibility index (Phi) is 8.66. The van der Waals surface area contributed by atoms with E-state index in [1.165, 1.54) is 0 Å². The van der Waals surface area contributed by atoms with Crippen molar-refractivity contribution in [1.82, 2.24) is 4.98 Å². The van der Waals surface area contributed by atoms with Gasteiger partial charge in [0.25, 0.3) is 0 Å². The lowest BCUT2D eigenvalue weighted by Crippen LogP contribution is -2.34. The van der Waals surface area contributed by atoms with Gasteiger partial charge in [-0.25, -0.2) is 9.78 Å². The highest BCUT2D eigenvalue weighted by molar-refractivity contribution is 7.10. The number of nitrogens with two attached hydrogens (primary N) is 1. The summed E-state index contributed by atoms with van der Waals surface area (Å²) in [5.74, 6) is -0.465. The molecule has 10 heteroatoms. The first-order valence-electron chi connectivity index (χ1n) is 11.4. The predicted molar refractivity (Wildman–Crippen MR) is 150 cm³/mol. The number of hydrogen-bond donors (Lipinski definition) is 3. The number of carbonyl (C=O) groups is 2. The van der Waals surface area contributed by atoms with Crippen LogP contribution in [0.1, 0.15) is 20.8 Å². The number of carbonyl (C=O) groups excluding carboxylic acids is 1. The Bertz CT molecular complexity index is 1410. The van der Waals surface area contributed by atoms with Crippen LogP contribution in [-0.4, -0.2) is 35.1 Å². The topological polar surface area (TPSA) is 109 Å². The summed E-state index contributed by atoms with van der Waals surface area (Å²) in [5.41, 5.74) is 8.42. The molecule has 1 aliphatic rings. The van der Waals surface area contributed by atoms with Gasteiger partial charge in [0.2, 0.25) is 5.91 Å². The number of halogens is 2. The molecule has 4 N–H and O–H groups in total. The van der Waals surface area contributed by atoms with Crippen LogP contribution in [0.4, 0.5) is 11.5 Å². The summed E-state index contributed by atoms with van der Waals surface area (Å²) in [6.45, 7) is 2.10. The summed E-state index contributed by atoms with van der Waals surface area (Å²) in [6, 6.07) is 18.1. The first kappa shape index (κ1) is 26.5. The average molecular weight is 555 g/mol. The summed E-state index contributed by atoms with van der Waals surface area (Å²) in [6.07, 6.45) is 2.07. The van der Waals surface area contributed by atoms with Gasteiger partial charge in [0.05, 0.1) is 17.7 Å². The molecule has 0 aliphatic carbocycles. The van der Waals surface area contributed by atoms with Gasteiger partial charge in [-0.1, -0.05) is 47.5 Å². The van der Waals surface area contributed by atoms with Crippen LogP contribution in [-0.2, 0) is 17.8 Å². The quantitative estimate of drug-likeness (QED) is 0.271. The molecule has 0 saturated carbocycles. The second-order valence-corrected chi connectivity index (χ2v) is 10.1. The molecular weight excluding hydrogens is 531 g/mol. The maximum Gasteiger partial charge on any atom is 0.336 e. The summed E-state index contributed by atoms with van der Waals surface area (Å²) < 4.78 is 0. The lowest BCUT2D eigenvalue weighted by Gasteiger charge is -2.32. The van der Waals surface area contributed by atoms with E-state index in [9.17, 15) is 14.7 Å². The number of nitrogens with one attached hydrogen (secondary N) is 1. The van der Waals surface area contributed by atoms with Crippen LogP contribution < -0.4 is 16.0 Å². The predicted octanol–water partition coefficient (Wildman–Crippen LogP) is 5.96. The van der Waals surface area contributed by atoms with Gasteiger partial charge in [0.15, 0.2) is 0 Å². The van der Waals surface area contributed by atoms with E-state index in [2.05, 4.69) is 15.2 Å². The number of carboxylic acid groups (broad SMARTS) is 1. The normalized spacial score (nSPS) is 12.1. The fraction of sp³-hybridized carbons (Fsp3) is 0.148. The zero-order valence-electron chi connectivity index (χ0n) is 19.7. The number of nitrogens with zero attached hydrogens (tertiary/aromatic N) is 2. The number of anilines is 2. The van der Waals surface area contributed by atoms with Crippen LogP contribution >= 0.6 is 34.5 Å². The molecule has 0 fully saturated rings. The van der Waals surface area contributed by atoms with Gasteiger partial charge < -0.3 is 21.1 Å². The molecule has 0 radical (unpaired) electrons. The number of fused-ring (bicyclic) bond motifs is 1. The van der Waals surface area contributed by atoms with Crippen LogP contribution in [0.3, 0.4) is 0 Å². The molecule has 2 aromatic carbocycles. The molecule has 5 rings (SSSR count). The minimum Gasteiger partial charge on any atom is -0.478 e. The molecule has 0 bridgehead atoms. The minimum atomic E-state index is -0.964. The highest BCUT2D eigenvalue weighted by atomic mass is 35.5. The van der Waals surface area contributed by atoms with Crippen molar-refractivity contribution in [3.05, 3.63) is 98.3 Å². The average Bonchev–Trinajstić information content (AvgIpc) is 3.39. The molecule has 7 nitrogen and oxygen atoms in total. The molecule has 0 atom stereocenters. The van der Waals surface area contributed by atoms with Gasteiger partial charge in [0, 0.05) is 46.3 Å². The Morgan fingerprint density at radius 2 is 1.92 bits per heavy atom. The third-order valence-electron chi connectivity index (χ3n) is 5.65. The third-order valence-corrected chi connectivity index (χ3v) is 7.13.